The zero-order valence-electron chi connectivity index (χ0n) is 12.7. The smallest absolute Gasteiger partial charge is 0.434 e. The molecule has 0 aromatic rings. The highest BCUT2D eigenvalue weighted by molar-refractivity contribution is 5.72. The summed E-state index contributed by atoms with van der Waals surface area (Å²) < 4.78 is 77.7. The second-order valence-electron chi connectivity index (χ2n) is 5.21. The van der Waals surface area contributed by atoms with Crippen LogP contribution in [0.1, 0.15) is 58.8 Å². The van der Waals surface area contributed by atoms with E-state index >= 15 is 0 Å². The Morgan fingerprint density at radius 1 is 0.909 bits per heavy atom. The summed E-state index contributed by atoms with van der Waals surface area (Å²) in [5.74, 6) is -2.37. The van der Waals surface area contributed by atoms with E-state index in [4.69, 9.17) is 0 Å². The number of esters is 1. The van der Waals surface area contributed by atoms with Crippen LogP contribution in [0.3, 0.4) is 0 Å². The molecule has 0 radical (unpaired) electrons. The van der Waals surface area contributed by atoms with Gasteiger partial charge in [0.1, 0.15) is 0 Å². The van der Waals surface area contributed by atoms with E-state index in [-0.39, 0.29) is 12.8 Å². The zero-order valence-corrected chi connectivity index (χ0v) is 12.7. The molecule has 1 unspecified atom stereocenters. The van der Waals surface area contributed by atoms with Crippen molar-refractivity contribution >= 4 is 5.97 Å². The predicted octanol–water partition coefficient (Wildman–Crippen LogP) is 5.41. The van der Waals surface area contributed by atoms with Crippen molar-refractivity contribution in [1.82, 2.24) is 0 Å². The lowest BCUT2D eigenvalue weighted by molar-refractivity contribution is -0.314. The predicted molar refractivity (Wildman–Crippen MR) is 69.1 cm³/mol. The van der Waals surface area contributed by atoms with Gasteiger partial charge in [0, 0.05) is 0 Å². The molecule has 0 amide bonds. The van der Waals surface area contributed by atoms with Crippen molar-refractivity contribution in [2.75, 3.05) is 0 Å². The van der Waals surface area contributed by atoms with Crippen LogP contribution < -0.4 is 0 Å². The summed E-state index contributed by atoms with van der Waals surface area (Å²) in [5.41, 5.74) is 0. The second kappa shape index (κ2) is 9.25. The topological polar surface area (TPSA) is 26.3 Å². The molecule has 0 rings (SSSR count). The molecule has 0 saturated carbocycles. The molecule has 0 N–H and O–H groups in total. The number of rotatable bonds is 9. The van der Waals surface area contributed by atoms with E-state index in [1.54, 1.807) is 0 Å². The van der Waals surface area contributed by atoms with Crippen molar-refractivity contribution in [3.05, 3.63) is 0 Å². The van der Waals surface area contributed by atoms with Gasteiger partial charge in [-0.15, -0.1) is 0 Å². The summed E-state index contributed by atoms with van der Waals surface area (Å²) in [7, 11) is 0. The molecule has 0 aliphatic heterocycles. The lowest BCUT2D eigenvalue weighted by Crippen LogP contribution is -2.46. The van der Waals surface area contributed by atoms with Gasteiger partial charge in [-0.25, -0.2) is 0 Å². The summed E-state index contributed by atoms with van der Waals surface area (Å²) >= 11 is 0. The maximum absolute atomic E-state index is 12.3. The monoisotopic (exact) mass is 336 g/mol. The first-order valence-corrected chi connectivity index (χ1v) is 7.37. The maximum Gasteiger partial charge on any atom is 0.434 e. The van der Waals surface area contributed by atoms with Gasteiger partial charge in [-0.1, -0.05) is 46.0 Å². The number of carbonyl (C=O) groups excluding carboxylic acids is 1. The zero-order chi connectivity index (χ0) is 17.4. The van der Waals surface area contributed by atoms with Gasteiger partial charge in [-0.3, -0.25) is 4.79 Å². The molecule has 8 heteroatoms. The van der Waals surface area contributed by atoms with E-state index in [9.17, 15) is 31.1 Å². The summed E-state index contributed by atoms with van der Waals surface area (Å²) in [6.07, 6.45) is -10.7. The second-order valence-corrected chi connectivity index (χ2v) is 5.21. The van der Waals surface area contributed by atoms with Gasteiger partial charge in [0.2, 0.25) is 0 Å². The van der Waals surface area contributed by atoms with Gasteiger partial charge in [-0.05, 0) is 12.8 Å². The van der Waals surface area contributed by atoms with E-state index in [0.29, 0.717) is 6.42 Å². The highest BCUT2D eigenvalue weighted by Gasteiger charge is 2.60. The summed E-state index contributed by atoms with van der Waals surface area (Å²) in [6, 6.07) is 0. The molecular formula is C14H22F6O2. The largest absolute Gasteiger partial charge is 0.443 e. The highest BCUT2D eigenvalue weighted by atomic mass is 19.4. The Hall–Kier alpha value is -0.950. The Morgan fingerprint density at radius 3 is 1.82 bits per heavy atom. The number of carbonyl (C=O) groups is 1. The van der Waals surface area contributed by atoms with E-state index in [2.05, 4.69) is 4.74 Å². The van der Waals surface area contributed by atoms with Gasteiger partial charge in [0.05, 0.1) is 5.92 Å². The summed E-state index contributed by atoms with van der Waals surface area (Å²) in [5, 5.41) is 0. The van der Waals surface area contributed by atoms with Crippen LogP contribution in [0, 0.1) is 5.92 Å². The number of halogens is 6. The number of hydrogen-bond acceptors (Lipinski definition) is 2. The van der Waals surface area contributed by atoms with Gasteiger partial charge < -0.3 is 4.74 Å². The lowest BCUT2D eigenvalue weighted by Gasteiger charge is -2.25. The van der Waals surface area contributed by atoms with Crippen molar-refractivity contribution in [3.63, 3.8) is 0 Å². The van der Waals surface area contributed by atoms with E-state index in [0.717, 1.165) is 25.7 Å². The normalized spacial score (nSPS) is 14.2. The molecule has 0 saturated heterocycles. The van der Waals surface area contributed by atoms with E-state index < -0.39 is 30.3 Å². The van der Waals surface area contributed by atoms with Crippen LogP contribution in [0.4, 0.5) is 26.3 Å². The van der Waals surface area contributed by atoms with Crippen LogP contribution in [0.5, 0.6) is 0 Å². The van der Waals surface area contributed by atoms with Crippen LogP contribution >= 0.6 is 0 Å². The third-order valence-corrected chi connectivity index (χ3v) is 3.31. The van der Waals surface area contributed by atoms with Gasteiger partial charge in [0.25, 0.3) is 6.10 Å². The molecular weight excluding hydrogens is 314 g/mol. The first-order chi connectivity index (χ1) is 10.0. The third kappa shape index (κ3) is 7.89. The molecule has 0 aromatic heterocycles. The van der Waals surface area contributed by atoms with Gasteiger partial charge in [0.15, 0.2) is 0 Å². The molecule has 1 atom stereocenters. The average Bonchev–Trinajstić information content (AvgIpc) is 2.37. The minimum absolute atomic E-state index is 0.148. The molecule has 0 aliphatic carbocycles. The Morgan fingerprint density at radius 2 is 1.41 bits per heavy atom. The molecule has 22 heavy (non-hydrogen) atoms. The maximum atomic E-state index is 12.3. The van der Waals surface area contributed by atoms with Crippen LogP contribution in [0.2, 0.25) is 0 Å². The van der Waals surface area contributed by atoms with Crippen LogP contribution in [-0.2, 0) is 9.53 Å². The first kappa shape index (κ1) is 21.0. The number of unbranched alkanes of at least 4 members (excludes halogenated alkanes) is 4. The van der Waals surface area contributed by atoms with Crippen molar-refractivity contribution in [1.29, 1.82) is 0 Å². The van der Waals surface area contributed by atoms with Crippen LogP contribution in [0.25, 0.3) is 0 Å². The van der Waals surface area contributed by atoms with E-state index in [1.165, 1.54) is 6.92 Å². The standard InChI is InChI=1S/C14H22F6O2/c1-3-5-6-7-8-9-10(4-2)11(21)22-12(13(15,16)17)14(18,19)20/h10,12H,3-9H2,1-2H3. The van der Waals surface area contributed by atoms with Crippen molar-refractivity contribution in [2.45, 2.75) is 77.2 Å². The number of hydrogen-bond donors (Lipinski definition) is 0. The summed E-state index contributed by atoms with van der Waals surface area (Å²) in [4.78, 5) is 11.6. The average molecular weight is 336 g/mol. The molecule has 2 nitrogen and oxygen atoms in total. The number of ether oxygens (including phenoxy) is 1. The van der Waals surface area contributed by atoms with Crippen molar-refractivity contribution in [2.24, 2.45) is 5.92 Å². The molecule has 0 aliphatic rings. The Bertz CT molecular complexity index is 310. The van der Waals surface area contributed by atoms with E-state index in [1.807, 2.05) is 6.92 Å². The summed E-state index contributed by atoms with van der Waals surface area (Å²) in [6.45, 7) is 3.55. The fourth-order valence-corrected chi connectivity index (χ4v) is 2.01. The van der Waals surface area contributed by atoms with Gasteiger partial charge in [-0.2, -0.15) is 26.3 Å². The lowest BCUT2D eigenvalue weighted by atomic mass is 9.98. The minimum atomic E-state index is -5.66. The van der Waals surface area contributed by atoms with Crippen molar-refractivity contribution < 1.29 is 35.9 Å². The fourth-order valence-electron chi connectivity index (χ4n) is 2.01. The molecule has 0 aromatic carbocycles. The molecule has 0 fully saturated rings. The molecule has 0 bridgehead atoms. The Balaban J connectivity index is 4.56. The fraction of sp³-hybridized carbons (Fsp3) is 0.929. The Labute approximate surface area is 126 Å². The Kier molecular flexibility index (Phi) is 8.85. The van der Waals surface area contributed by atoms with Crippen LogP contribution in [-0.4, -0.2) is 24.4 Å². The van der Waals surface area contributed by atoms with Crippen LogP contribution in [0.15, 0.2) is 0 Å². The highest BCUT2D eigenvalue weighted by Crippen LogP contribution is 2.36. The molecule has 0 heterocycles. The number of alkyl halides is 6. The molecule has 0 spiro atoms. The SMILES string of the molecule is CCCCCCCC(CC)C(=O)OC(C(F)(F)F)C(F)(F)F. The first-order valence-electron chi connectivity index (χ1n) is 7.37. The van der Waals surface area contributed by atoms with Crippen molar-refractivity contribution in [3.8, 4) is 0 Å². The minimum Gasteiger partial charge on any atom is -0.443 e. The quantitative estimate of drug-likeness (QED) is 0.320. The third-order valence-electron chi connectivity index (χ3n) is 3.31. The van der Waals surface area contributed by atoms with Gasteiger partial charge >= 0.3 is 18.3 Å². The molecule has 132 valence electrons.